The average molecular weight is 419 g/mol. The van der Waals surface area contributed by atoms with Gasteiger partial charge in [0.05, 0.1) is 13.2 Å². The number of aliphatic hydroxyl groups excluding tert-OH is 1. The molecule has 3 rings (SSSR count). The molecular weight excluding hydrogens is 384 g/mol. The van der Waals surface area contributed by atoms with Gasteiger partial charge < -0.3 is 9.84 Å². The van der Waals surface area contributed by atoms with Crippen molar-refractivity contribution >= 4 is 23.1 Å². The Morgan fingerprint density at radius 1 is 1.41 bits per heavy atom. The Morgan fingerprint density at radius 2 is 2.21 bits per heavy atom. The number of aryl methyl sites for hydroxylation is 1. The molecule has 1 heterocycles. The zero-order valence-corrected chi connectivity index (χ0v) is 18.5. The van der Waals surface area contributed by atoms with Crippen molar-refractivity contribution in [1.82, 2.24) is 0 Å². The van der Waals surface area contributed by atoms with Gasteiger partial charge in [0.1, 0.15) is 10.7 Å². The van der Waals surface area contributed by atoms with Gasteiger partial charge in [-0.25, -0.2) is 4.79 Å². The fraction of sp³-hybridized carbons (Fsp3) is 0.667. The van der Waals surface area contributed by atoms with Crippen molar-refractivity contribution in [1.29, 1.82) is 0 Å². The number of hydrogen-bond acceptors (Lipinski definition) is 5. The molecule has 0 aromatic carbocycles. The zero-order chi connectivity index (χ0) is 20.9. The van der Waals surface area contributed by atoms with Crippen LogP contribution in [-0.2, 0) is 16.0 Å². The fourth-order valence-corrected chi connectivity index (χ4v) is 5.91. The van der Waals surface area contributed by atoms with Crippen molar-refractivity contribution in [2.45, 2.75) is 77.2 Å². The first-order valence-electron chi connectivity index (χ1n) is 11.0. The Morgan fingerprint density at radius 3 is 2.86 bits per heavy atom. The molecule has 160 valence electrons. The summed E-state index contributed by atoms with van der Waals surface area (Å²) in [6.07, 6.45) is 13.6. The molecular formula is C24H34O4S. The SMILES string of the molecule is CCC1(C(O)C/C=C/[C@H]2C(=O)CC[C@@H]2CCCc2ccc(C(=O)OC)s2)CCC1. The second-order valence-corrected chi connectivity index (χ2v) is 9.86. The predicted octanol–water partition coefficient (Wildman–Crippen LogP) is 5.34. The van der Waals surface area contributed by atoms with Crippen molar-refractivity contribution in [3.05, 3.63) is 34.0 Å². The van der Waals surface area contributed by atoms with E-state index in [2.05, 4.69) is 19.1 Å². The van der Waals surface area contributed by atoms with Crippen molar-refractivity contribution in [3.8, 4) is 0 Å². The van der Waals surface area contributed by atoms with Gasteiger partial charge in [-0.05, 0) is 74.8 Å². The predicted molar refractivity (Wildman–Crippen MR) is 116 cm³/mol. The largest absolute Gasteiger partial charge is 0.465 e. The van der Waals surface area contributed by atoms with Crippen molar-refractivity contribution < 1.29 is 19.4 Å². The summed E-state index contributed by atoms with van der Waals surface area (Å²) in [6, 6.07) is 3.83. The van der Waals surface area contributed by atoms with Crippen LogP contribution < -0.4 is 0 Å². The summed E-state index contributed by atoms with van der Waals surface area (Å²) < 4.78 is 4.76. The van der Waals surface area contributed by atoms with Gasteiger partial charge in [0.25, 0.3) is 0 Å². The van der Waals surface area contributed by atoms with Crippen LogP contribution in [0.4, 0.5) is 0 Å². The minimum atomic E-state index is -0.282. The van der Waals surface area contributed by atoms with Gasteiger partial charge in [-0.2, -0.15) is 0 Å². The summed E-state index contributed by atoms with van der Waals surface area (Å²) in [5.41, 5.74) is 0.118. The molecule has 2 aliphatic carbocycles. The van der Waals surface area contributed by atoms with E-state index in [0.717, 1.165) is 44.9 Å². The Hall–Kier alpha value is -1.46. The van der Waals surface area contributed by atoms with Crippen LogP contribution in [0.25, 0.3) is 0 Å². The first-order chi connectivity index (χ1) is 14.0. The summed E-state index contributed by atoms with van der Waals surface area (Å²) in [5.74, 6) is 0.482. The number of ketones is 1. The highest BCUT2D eigenvalue weighted by Crippen LogP contribution is 2.47. The highest BCUT2D eigenvalue weighted by molar-refractivity contribution is 7.13. The molecule has 1 unspecified atom stereocenters. The summed E-state index contributed by atoms with van der Waals surface area (Å²) in [6.45, 7) is 2.17. The first kappa shape index (κ1) is 22.2. The second-order valence-electron chi connectivity index (χ2n) is 8.69. The minimum absolute atomic E-state index is 0.00938. The van der Waals surface area contributed by atoms with Crippen LogP contribution in [0, 0.1) is 17.3 Å². The van der Waals surface area contributed by atoms with Crippen LogP contribution in [-0.4, -0.2) is 30.1 Å². The van der Waals surface area contributed by atoms with Crippen LogP contribution in [0.15, 0.2) is 24.3 Å². The van der Waals surface area contributed by atoms with Gasteiger partial charge in [-0.3, -0.25) is 4.79 Å². The van der Waals surface area contributed by atoms with E-state index in [0.29, 0.717) is 29.4 Å². The molecule has 0 aliphatic heterocycles. The number of hydrogen-bond donors (Lipinski definition) is 1. The number of Topliss-reactive ketones (excluding diaryl/α,β-unsaturated/α-hetero) is 1. The third-order valence-corrected chi connectivity index (χ3v) is 8.28. The van der Waals surface area contributed by atoms with Gasteiger partial charge in [0.15, 0.2) is 0 Å². The van der Waals surface area contributed by atoms with E-state index in [1.807, 2.05) is 12.1 Å². The lowest BCUT2D eigenvalue weighted by Crippen LogP contribution is -2.40. The maximum absolute atomic E-state index is 12.4. The van der Waals surface area contributed by atoms with Crippen LogP contribution in [0.1, 0.15) is 79.3 Å². The number of thiophene rings is 1. The van der Waals surface area contributed by atoms with Crippen LogP contribution >= 0.6 is 11.3 Å². The number of esters is 1. The van der Waals surface area contributed by atoms with Gasteiger partial charge in [0.2, 0.25) is 0 Å². The Balaban J connectivity index is 1.47. The topological polar surface area (TPSA) is 63.6 Å². The monoisotopic (exact) mass is 418 g/mol. The summed E-state index contributed by atoms with van der Waals surface area (Å²) >= 11 is 1.50. The molecule has 0 amide bonds. The molecule has 1 aromatic rings. The number of ether oxygens (including phenoxy) is 1. The third-order valence-electron chi connectivity index (χ3n) is 7.15. The number of carbonyl (C=O) groups is 2. The number of allylic oxidation sites excluding steroid dienone is 1. The molecule has 1 N–H and O–H groups in total. The number of carbonyl (C=O) groups excluding carboxylic acids is 2. The highest BCUT2D eigenvalue weighted by atomic mass is 32.1. The van der Waals surface area contributed by atoms with Crippen molar-refractivity contribution in [3.63, 3.8) is 0 Å². The molecule has 0 saturated heterocycles. The lowest BCUT2D eigenvalue weighted by molar-refractivity contribution is -0.119. The summed E-state index contributed by atoms with van der Waals surface area (Å²) in [7, 11) is 1.40. The maximum atomic E-state index is 12.4. The van der Waals surface area contributed by atoms with Crippen LogP contribution in [0.5, 0.6) is 0 Å². The average Bonchev–Trinajstić information content (AvgIpc) is 3.29. The second kappa shape index (κ2) is 10.0. The first-order valence-corrected chi connectivity index (χ1v) is 11.8. The van der Waals surface area contributed by atoms with Gasteiger partial charge in [0, 0.05) is 17.2 Å². The normalized spacial score (nSPS) is 24.6. The van der Waals surface area contributed by atoms with Gasteiger partial charge >= 0.3 is 5.97 Å². The molecule has 29 heavy (non-hydrogen) atoms. The van der Waals surface area contributed by atoms with E-state index in [9.17, 15) is 14.7 Å². The van der Waals surface area contributed by atoms with Gasteiger partial charge in [-0.15, -0.1) is 11.3 Å². The standard InChI is InChI=1S/C24H34O4S/c1-3-24(15-6-16-24)22(26)10-5-9-19-17(11-13-20(19)25)7-4-8-18-12-14-21(29-18)23(27)28-2/h5,9,12,14,17,19,22,26H,3-4,6-8,10-11,13,15-16H2,1-2H3/b9-5+/t17-,19+,22?/m0/s1. The number of rotatable bonds is 10. The number of aliphatic hydroxyl groups is 1. The molecule has 0 spiro atoms. The third kappa shape index (κ3) is 5.18. The Labute approximate surface area is 178 Å². The van der Waals surface area contributed by atoms with Crippen molar-refractivity contribution in [2.24, 2.45) is 17.3 Å². The van der Waals surface area contributed by atoms with E-state index < -0.39 is 0 Å². The lowest BCUT2D eigenvalue weighted by atomic mass is 9.63. The van der Waals surface area contributed by atoms with E-state index in [4.69, 9.17) is 4.74 Å². The molecule has 2 aliphatic rings. The van der Waals surface area contributed by atoms with E-state index in [1.54, 1.807) is 0 Å². The lowest BCUT2D eigenvalue weighted by Gasteiger charge is -2.45. The van der Waals surface area contributed by atoms with Gasteiger partial charge in [-0.1, -0.05) is 25.5 Å². The Bertz CT molecular complexity index is 725. The van der Waals surface area contributed by atoms with Crippen LogP contribution in [0.3, 0.4) is 0 Å². The summed E-state index contributed by atoms with van der Waals surface area (Å²) in [5, 5.41) is 10.6. The quantitative estimate of drug-likeness (QED) is 0.411. The fourth-order valence-electron chi connectivity index (χ4n) is 4.94. The van der Waals surface area contributed by atoms with E-state index >= 15 is 0 Å². The molecule has 2 saturated carbocycles. The zero-order valence-electron chi connectivity index (χ0n) is 17.7. The molecule has 2 fully saturated rings. The maximum Gasteiger partial charge on any atom is 0.348 e. The molecule has 1 aromatic heterocycles. The smallest absolute Gasteiger partial charge is 0.348 e. The van der Waals surface area contributed by atoms with E-state index in [-0.39, 0.29) is 23.4 Å². The molecule has 0 bridgehead atoms. The molecule has 5 heteroatoms. The molecule has 3 atom stereocenters. The van der Waals surface area contributed by atoms with Crippen molar-refractivity contribution in [2.75, 3.05) is 7.11 Å². The summed E-state index contributed by atoms with van der Waals surface area (Å²) in [4.78, 5) is 25.8. The molecule has 0 radical (unpaired) electrons. The highest BCUT2D eigenvalue weighted by Gasteiger charge is 2.41. The Kier molecular flexibility index (Phi) is 7.69. The number of methoxy groups -OCH3 is 1. The van der Waals surface area contributed by atoms with E-state index in [1.165, 1.54) is 29.7 Å². The minimum Gasteiger partial charge on any atom is -0.465 e. The molecule has 4 nitrogen and oxygen atoms in total. The van der Waals surface area contributed by atoms with Crippen LogP contribution in [0.2, 0.25) is 0 Å².